The molecule has 1 aliphatic carbocycles. The van der Waals surface area contributed by atoms with Gasteiger partial charge >= 0.3 is 0 Å². The highest BCUT2D eigenvalue weighted by molar-refractivity contribution is 6.17. The smallest absolute Gasteiger partial charge is 0.169 e. The second-order valence-electron chi connectivity index (χ2n) is 7.79. The molecule has 0 unspecified atom stereocenters. The molecule has 0 bridgehead atoms. The number of carbonyl (C=O) groups excluding carboxylic acids is 2. The van der Waals surface area contributed by atoms with E-state index in [-0.39, 0.29) is 11.6 Å². The molecule has 0 aromatic heterocycles. The maximum Gasteiger partial charge on any atom is 0.169 e. The molecule has 2 nitrogen and oxygen atoms in total. The summed E-state index contributed by atoms with van der Waals surface area (Å²) in [5, 5.41) is 0. The van der Waals surface area contributed by atoms with Crippen LogP contribution in [0.2, 0.25) is 0 Å². The van der Waals surface area contributed by atoms with Crippen LogP contribution in [0.15, 0.2) is 60.7 Å². The van der Waals surface area contributed by atoms with Crippen molar-refractivity contribution in [3.8, 4) is 0 Å². The molecular weight excluding hydrogens is 344 g/mol. The van der Waals surface area contributed by atoms with E-state index in [9.17, 15) is 9.59 Å². The van der Waals surface area contributed by atoms with E-state index in [1.54, 1.807) is 12.2 Å². The van der Waals surface area contributed by atoms with Crippen molar-refractivity contribution in [3.63, 3.8) is 0 Å². The van der Waals surface area contributed by atoms with Gasteiger partial charge in [0.25, 0.3) is 0 Å². The van der Waals surface area contributed by atoms with E-state index in [4.69, 9.17) is 0 Å². The van der Waals surface area contributed by atoms with E-state index in [2.05, 4.69) is 26.0 Å². The lowest BCUT2D eigenvalue weighted by molar-refractivity contribution is -0.137. The molecule has 0 aliphatic heterocycles. The summed E-state index contributed by atoms with van der Waals surface area (Å²) in [4.78, 5) is 26.3. The van der Waals surface area contributed by atoms with Crippen LogP contribution < -0.4 is 0 Å². The molecule has 0 amide bonds. The Balaban J connectivity index is 1.82. The molecule has 1 aliphatic rings. The average molecular weight is 373 g/mol. The quantitative estimate of drug-likeness (QED) is 0.452. The summed E-state index contributed by atoms with van der Waals surface area (Å²) in [6.07, 6.45) is 11.1. The zero-order valence-electron chi connectivity index (χ0n) is 16.8. The first kappa shape index (κ1) is 20.0. The van der Waals surface area contributed by atoms with Crippen LogP contribution in [0, 0.1) is 19.3 Å². The number of hydrogen-bond acceptors (Lipinski definition) is 2. The summed E-state index contributed by atoms with van der Waals surface area (Å²) in [6, 6.07) is 15.9. The van der Waals surface area contributed by atoms with Gasteiger partial charge < -0.3 is 0 Å². The van der Waals surface area contributed by atoms with Crippen molar-refractivity contribution >= 4 is 23.7 Å². The predicted molar refractivity (Wildman–Crippen MR) is 116 cm³/mol. The van der Waals surface area contributed by atoms with Gasteiger partial charge in [0, 0.05) is 0 Å². The first-order valence-corrected chi connectivity index (χ1v) is 10.1. The number of ketones is 2. The third-order valence-corrected chi connectivity index (χ3v) is 5.84. The lowest BCUT2D eigenvalue weighted by atomic mass is 9.68. The minimum atomic E-state index is -0.903. The topological polar surface area (TPSA) is 34.1 Å². The van der Waals surface area contributed by atoms with Crippen LogP contribution in [0.1, 0.15) is 54.4 Å². The highest BCUT2D eigenvalue weighted by atomic mass is 16.2. The number of carbonyl (C=O) groups is 2. The molecule has 0 saturated heterocycles. The summed E-state index contributed by atoms with van der Waals surface area (Å²) < 4.78 is 0. The summed E-state index contributed by atoms with van der Waals surface area (Å²) in [6.45, 7) is 4.14. The maximum absolute atomic E-state index is 13.2. The SMILES string of the molecule is Cc1ccc(/C=C/C(=O)C2(C(=O)/C=C/c3ccccc3)CCCCC2)cc1C. The van der Waals surface area contributed by atoms with Gasteiger partial charge in [-0.15, -0.1) is 0 Å². The monoisotopic (exact) mass is 372 g/mol. The molecule has 1 fully saturated rings. The Kier molecular flexibility index (Phi) is 6.41. The number of rotatable bonds is 6. The van der Waals surface area contributed by atoms with Crippen molar-refractivity contribution in [2.24, 2.45) is 5.41 Å². The lowest BCUT2D eigenvalue weighted by Crippen LogP contribution is -2.39. The molecule has 2 aromatic rings. The molecule has 0 atom stereocenters. The summed E-state index contributed by atoms with van der Waals surface area (Å²) in [7, 11) is 0. The molecule has 2 heteroatoms. The standard InChI is InChI=1S/C26H28O2/c1-20-11-12-23(19-21(20)2)14-16-25(28)26(17-7-4-8-18-26)24(27)15-13-22-9-5-3-6-10-22/h3,5-6,9-16,19H,4,7-8,17-18H2,1-2H3/b15-13+,16-14+. The van der Waals surface area contributed by atoms with Crippen molar-refractivity contribution in [3.05, 3.63) is 82.9 Å². The summed E-state index contributed by atoms with van der Waals surface area (Å²) in [5.41, 5.74) is 3.49. The van der Waals surface area contributed by atoms with E-state index in [0.29, 0.717) is 12.8 Å². The minimum Gasteiger partial charge on any atom is -0.294 e. The fraction of sp³-hybridized carbons (Fsp3) is 0.308. The van der Waals surface area contributed by atoms with E-state index in [1.807, 2.05) is 48.6 Å². The largest absolute Gasteiger partial charge is 0.294 e. The molecule has 0 heterocycles. The molecule has 0 radical (unpaired) electrons. The molecule has 0 spiro atoms. The van der Waals surface area contributed by atoms with Crippen molar-refractivity contribution < 1.29 is 9.59 Å². The van der Waals surface area contributed by atoms with Gasteiger partial charge in [0.15, 0.2) is 11.6 Å². The van der Waals surface area contributed by atoms with Gasteiger partial charge in [0.1, 0.15) is 0 Å². The number of aryl methyl sites for hydroxylation is 2. The van der Waals surface area contributed by atoms with Crippen molar-refractivity contribution in [2.45, 2.75) is 46.0 Å². The molecule has 3 rings (SSSR count). The predicted octanol–water partition coefficient (Wildman–Crippen LogP) is 6.12. The lowest BCUT2D eigenvalue weighted by Gasteiger charge is -2.32. The molecule has 0 N–H and O–H groups in total. The molecule has 28 heavy (non-hydrogen) atoms. The van der Waals surface area contributed by atoms with Crippen LogP contribution in [0.5, 0.6) is 0 Å². The average Bonchev–Trinajstić information content (AvgIpc) is 2.73. The Morgan fingerprint density at radius 1 is 0.750 bits per heavy atom. The first-order chi connectivity index (χ1) is 13.5. The molecule has 144 valence electrons. The van der Waals surface area contributed by atoms with Crippen LogP contribution in [0.25, 0.3) is 12.2 Å². The Bertz CT molecular complexity index is 897. The Morgan fingerprint density at radius 3 is 1.96 bits per heavy atom. The van der Waals surface area contributed by atoms with Gasteiger partial charge in [-0.3, -0.25) is 9.59 Å². The van der Waals surface area contributed by atoms with Crippen LogP contribution in [0.3, 0.4) is 0 Å². The normalized spacial score (nSPS) is 16.5. The zero-order valence-corrected chi connectivity index (χ0v) is 16.8. The summed E-state index contributed by atoms with van der Waals surface area (Å²) >= 11 is 0. The Hall–Kier alpha value is -2.74. The van der Waals surface area contributed by atoms with Crippen molar-refractivity contribution in [2.75, 3.05) is 0 Å². The van der Waals surface area contributed by atoms with Crippen molar-refractivity contribution in [1.82, 2.24) is 0 Å². The van der Waals surface area contributed by atoms with Gasteiger partial charge in [0.05, 0.1) is 5.41 Å². The van der Waals surface area contributed by atoms with E-state index >= 15 is 0 Å². The maximum atomic E-state index is 13.2. The minimum absolute atomic E-state index is 0.0619. The highest BCUT2D eigenvalue weighted by Crippen LogP contribution is 2.39. The molecule has 1 saturated carbocycles. The second kappa shape index (κ2) is 8.97. The van der Waals surface area contributed by atoms with Gasteiger partial charge in [-0.25, -0.2) is 0 Å². The van der Waals surface area contributed by atoms with Crippen LogP contribution in [-0.2, 0) is 9.59 Å². The fourth-order valence-electron chi connectivity index (χ4n) is 3.86. The number of benzene rings is 2. The van der Waals surface area contributed by atoms with Crippen LogP contribution in [-0.4, -0.2) is 11.6 Å². The van der Waals surface area contributed by atoms with Crippen LogP contribution >= 0.6 is 0 Å². The van der Waals surface area contributed by atoms with E-state index in [1.165, 1.54) is 11.1 Å². The zero-order chi connectivity index (χ0) is 20.0. The van der Waals surface area contributed by atoms with Crippen molar-refractivity contribution in [1.29, 1.82) is 0 Å². The van der Waals surface area contributed by atoms with Gasteiger partial charge in [0.2, 0.25) is 0 Å². The van der Waals surface area contributed by atoms with Gasteiger partial charge in [-0.1, -0.05) is 79.9 Å². The summed E-state index contributed by atoms with van der Waals surface area (Å²) in [5.74, 6) is -0.126. The number of hydrogen-bond donors (Lipinski definition) is 0. The number of allylic oxidation sites excluding steroid dienone is 2. The fourth-order valence-corrected chi connectivity index (χ4v) is 3.86. The Labute approximate surface area is 168 Å². The van der Waals surface area contributed by atoms with E-state index < -0.39 is 5.41 Å². The molecule has 2 aromatic carbocycles. The highest BCUT2D eigenvalue weighted by Gasteiger charge is 2.43. The Morgan fingerprint density at radius 2 is 1.36 bits per heavy atom. The van der Waals surface area contributed by atoms with Gasteiger partial charge in [-0.2, -0.15) is 0 Å². The van der Waals surface area contributed by atoms with Gasteiger partial charge in [-0.05, 0) is 61.1 Å². The van der Waals surface area contributed by atoms with Crippen LogP contribution in [0.4, 0.5) is 0 Å². The second-order valence-corrected chi connectivity index (χ2v) is 7.79. The molecular formula is C26H28O2. The third kappa shape index (κ3) is 4.56. The first-order valence-electron chi connectivity index (χ1n) is 10.1. The third-order valence-electron chi connectivity index (χ3n) is 5.84. The van der Waals surface area contributed by atoms with E-state index in [0.717, 1.165) is 30.4 Å².